The zero-order valence-corrected chi connectivity index (χ0v) is 11.7. The maximum absolute atomic E-state index is 12.4. The van der Waals surface area contributed by atoms with Gasteiger partial charge in [-0.15, -0.1) is 0 Å². The van der Waals surface area contributed by atoms with Crippen LogP contribution in [0.15, 0.2) is 54.6 Å². The topological polar surface area (TPSA) is 46.6 Å². The van der Waals surface area contributed by atoms with Crippen LogP contribution in [-0.4, -0.2) is 17.9 Å². The van der Waals surface area contributed by atoms with Gasteiger partial charge in [-0.3, -0.25) is 9.69 Å². The van der Waals surface area contributed by atoms with E-state index >= 15 is 0 Å². The van der Waals surface area contributed by atoms with Crippen molar-refractivity contribution in [3.63, 3.8) is 0 Å². The number of nitrogens with zero attached hydrogens (tertiary/aromatic N) is 1. The number of ketones is 1. The van der Waals surface area contributed by atoms with E-state index in [0.29, 0.717) is 23.4 Å². The molecule has 1 heterocycles. The number of carbonyl (C=O) groups is 2. The number of amides is 1. The third-order valence-electron chi connectivity index (χ3n) is 3.53. The van der Waals surface area contributed by atoms with Crippen molar-refractivity contribution in [2.75, 3.05) is 4.90 Å². The molecule has 2 aromatic rings. The lowest BCUT2D eigenvalue weighted by Gasteiger charge is -2.33. The zero-order valence-electron chi connectivity index (χ0n) is 11.7. The second-order valence-corrected chi connectivity index (χ2v) is 5.04. The molecule has 1 unspecified atom stereocenters. The molecule has 4 heteroatoms. The van der Waals surface area contributed by atoms with Gasteiger partial charge in [-0.25, -0.2) is 4.79 Å². The van der Waals surface area contributed by atoms with Crippen LogP contribution in [0.1, 0.15) is 23.7 Å². The predicted molar refractivity (Wildman–Crippen MR) is 79.8 cm³/mol. The smallest absolute Gasteiger partial charge is 0.410 e. The number of para-hydroxylation sites is 2. The van der Waals surface area contributed by atoms with E-state index in [1.54, 1.807) is 47.4 Å². The maximum atomic E-state index is 12.4. The summed E-state index contributed by atoms with van der Waals surface area (Å²) in [6.45, 7) is 1.85. The molecule has 1 amide bonds. The van der Waals surface area contributed by atoms with E-state index in [2.05, 4.69) is 0 Å². The molecule has 0 spiro atoms. The first-order valence-corrected chi connectivity index (χ1v) is 6.85. The molecule has 2 aromatic carbocycles. The van der Waals surface area contributed by atoms with Gasteiger partial charge in [-0.05, 0) is 31.2 Å². The van der Waals surface area contributed by atoms with Gasteiger partial charge in [0.25, 0.3) is 0 Å². The highest BCUT2D eigenvalue weighted by Gasteiger charge is 2.33. The number of fused-ring (bicyclic) bond motifs is 1. The van der Waals surface area contributed by atoms with Gasteiger partial charge in [0.1, 0.15) is 5.75 Å². The molecule has 0 N–H and O–H groups in total. The van der Waals surface area contributed by atoms with E-state index in [-0.39, 0.29) is 11.8 Å². The summed E-state index contributed by atoms with van der Waals surface area (Å²) in [4.78, 5) is 26.0. The molecule has 3 rings (SSSR count). The third kappa shape index (κ3) is 2.52. The fraction of sp³-hybridized carbons (Fsp3) is 0.176. The molecule has 0 saturated heterocycles. The summed E-state index contributed by atoms with van der Waals surface area (Å²) in [5, 5.41) is 0. The number of ether oxygens (including phenoxy) is 1. The normalized spacial score (nSPS) is 17.3. The fourth-order valence-corrected chi connectivity index (χ4v) is 2.54. The van der Waals surface area contributed by atoms with Gasteiger partial charge in [0.2, 0.25) is 0 Å². The van der Waals surface area contributed by atoms with Crippen molar-refractivity contribution in [3.8, 4) is 5.75 Å². The number of hydrogen-bond acceptors (Lipinski definition) is 3. The average Bonchev–Trinajstić information content (AvgIpc) is 2.48. The average molecular weight is 281 g/mol. The van der Waals surface area contributed by atoms with E-state index in [4.69, 9.17) is 4.74 Å². The van der Waals surface area contributed by atoms with Crippen molar-refractivity contribution >= 4 is 17.6 Å². The molecule has 21 heavy (non-hydrogen) atoms. The first-order chi connectivity index (χ1) is 10.2. The van der Waals surface area contributed by atoms with Crippen LogP contribution in [0, 0.1) is 0 Å². The Morgan fingerprint density at radius 2 is 1.76 bits per heavy atom. The van der Waals surface area contributed by atoms with Gasteiger partial charge in [-0.1, -0.05) is 30.3 Å². The Balaban J connectivity index is 1.92. The number of carbonyl (C=O) groups excluding carboxylic acids is 2. The standard InChI is InChI=1S/C17H15NO3/c1-12-11-16(19)14-9-5-6-10-15(14)18(12)17(20)21-13-7-3-2-4-8-13/h2-10,12H,11H2,1H3. The first-order valence-electron chi connectivity index (χ1n) is 6.85. The monoisotopic (exact) mass is 281 g/mol. The number of Topliss-reactive ketones (excluding diaryl/α,β-unsaturated/α-hetero) is 1. The molecular weight excluding hydrogens is 266 g/mol. The molecule has 4 nitrogen and oxygen atoms in total. The van der Waals surface area contributed by atoms with Crippen LogP contribution in [0.2, 0.25) is 0 Å². The lowest BCUT2D eigenvalue weighted by Crippen LogP contribution is -2.45. The van der Waals surface area contributed by atoms with Crippen molar-refractivity contribution in [2.45, 2.75) is 19.4 Å². The van der Waals surface area contributed by atoms with Gasteiger partial charge < -0.3 is 4.74 Å². The number of anilines is 1. The Kier molecular flexibility index (Phi) is 3.44. The van der Waals surface area contributed by atoms with Gasteiger partial charge in [0, 0.05) is 18.0 Å². The lowest BCUT2D eigenvalue weighted by atomic mass is 9.96. The molecule has 0 aliphatic carbocycles. The molecule has 1 aliphatic rings. The summed E-state index contributed by atoms with van der Waals surface area (Å²) in [6.07, 6.45) is -0.158. The van der Waals surface area contributed by atoms with Crippen LogP contribution < -0.4 is 9.64 Å². The Morgan fingerprint density at radius 3 is 2.52 bits per heavy atom. The quantitative estimate of drug-likeness (QED) is 0.801. The van der Waals surface area contributed by atoms with Crippen LogP contribution in [0.4, 0.5) is 10.5 Å². The second-order valence-electron chi connectivity index (χ2n) is 5.04. The molecule has 0 saturated carbocycles. The minimum Gasteiger partial charge on any atom is -0.410 e. The number of hydrogen-bond donors (Lipinski definition) is 0. The Morgan fingerprint density at radius 1 is 1.10 bits per heavy atom. The molecule has 1 aliphatic heterocycles. The highest BCUT2D eigenvalue weighted by atomic mass is 16.6. The Bertz CT molecular complexity index is 681. The minimum atomic E-state index is -0.464. The van der Waals surface area contributed by atoms with Gasteiger partial charge in [0.15, 0.2) is 5.78 Å². The van der Waals surface area contributed by atoms with Crippen molar-refractivity contribution in [2.24, 2.45) is 0 Å². The summed E-state index contributed by atoms with van der Waals surface area (Å²) in [5.74, 6) is 0.547. The van der Waals surface area contributed by atoms with E-state index in [9.17, 15) is 9.59 Å². The predicted octanol–water partition coefficient (Wildman–Crippen LogP) is 3.67. The van der Waals surface area contributed by atoms with E-state index in [1.165, 1.54) is 0 Å². The summed E-state index contributed by atoms with van der Waals surface area (Å²) < 4.78 is 5.39. The van der Waals surface area contributed by atoms with Gasteiger partial charge >= 0.3 is 6.09 Å². The lowest BCUT2D eigenvalue weighted by molar-refractivity contribution is 0.0969. The van der Waals surface area contributed by atoms with Crippen molar-refractivity contribution in [3.05, 3.63) is 60.2 Å². The van der Waals surface area contributed by atoms with Crippen molar-refractivity contribution in [1.82, 2.24) is 0 Å². The zero-order chi connectivity index (χ0) is 14.8. The number of rotatable bonds is 1. The van der Waals surface area contributed by atoms with Crippen LogP contribution in [0.25, 0.3) is 0 Å². The largest absolute Gasteiger partial charge is 0.420 e. The Hall–Kier alpha value is -2.62. The molecule has 106 valence electrons. The minimum absolute atomic E-state index is 0.0573. The first kappa shape index (κ1) is 13.4. The van der Waals surface area contributed by atoms with Gasteiger partial charge in [0.05, 0.1) is 5.69 Å². The highest BCUT2D eigenvalue weighted by Crippen LogP contribution is 2.31. The molecular formula is C17H15NO3. The van der Waals surface area contributed by atoms with Crippen LogP contribution >= 0.6 is 0 Å². The van der Waals surface area contributed by atoms with Gasteiger partial charge in [-0.2, -0.15) is 0 Å². The summed E-state index contributed by atoms with van der Waals surface area (Å²) in [7, 11) is 0. The molecule has 0 aromatic heterocycles. The highest BCUT2D eigenvalue weighted by molar-refractivity contribution is 6.08. The SMILES string of the molecule is CC1CC(=O)c2ccccc2N1C(=O)Oc1ccccc1. The van der Waals surface area contributed by atoms with E-state index in [0.717, 1.165) is 0 Å². The maximum Gasteiger partial charge on any atom is 0.420 e. The second kappa shape index (κ2) is 5.40. The summed E-state index contributed by atoms with van der Waals surface area (Å²) >= 11 is 0. The molecule has 0 bridgehead atoms. The molecule has 1 atom stereocenters. The Labute approximate surface area is 123 Å². The van der Waals surface area contributed by atoms with Crippen LogP contribution in [-0.2, 0) is 0 Å². The fourth-order valence-electron chi connectivity index (χ4n) is 2.54. The van der Waals surface area contributed by atoms with Crippen molar-refractivity contribution in [1.29, 1.82) is 0 Å². The summed E-state index contributed by atoms with van der Waals surface area (Å²) in [6, 6.07) is 15.8. The third-order valence-corrected chi connectivity index (χ3v) is 3.53. The van der Waals surface area contributed by atoms with E-state index in [1.807, 2.05) is 19.1 Å². The summed E-state index contributed by atoms with van der Waals surface area (Å²) in [5.41, 5.74) is 1.18. The molecule has 0 fully saturated rings. The van der Waals surface area contributed by atoms with Crippen LogP contribution in [0.5, 0.6) is 5.75 Å². The van der Waals surface area contributed by atoms with Crippen LogP contribution in [0.3, 0.4) is 0 Å². The van der Waals surface area contributed by atoms with E-state index < -0.39 is 6.09 Å². The van der Waals surface area contributed by atoms with Crippen molar-refractivity contribution < 1.29 is 14.3 Å². The molecule has 0 radical (unpaired) electrons. The number of benzene rings is 2.